The molecule has 0 bridgehead atoms. The summed E-state index contributed by atoms with van der Waals surface area (Å²) in [7, 11) is -3.48. The van der Waals surface area contributed by atoms with E-state index in [9.17, 15) is 12.8 Å². The smallest absolute Gasteiger partial charge is 0.207 e. The van der Waals surface area contributed by atoms with Crippen molar-refractivity contribution in [1.82, 2.24) is 4.31 Å². The standard InChI is InChI=1S/C15H20FNO2S/c16-13-7-9-14(10-8-13)20(18,19)17-11-3-5-12-4-1-2-6-15(12)17/h7-10,12,15H,1-6,11H2/t12-,15-/m0/s1. The number of halogens is 1. The van der Waals surface area contributed by atoms with Crippen molar-refractivity contribution < 1.29 is 12.8 Å². The lowest BCUT2D eigenvalue weighted by molar-refractivity contribution is 0.129. The molecule has 2 aliphatic rings. The molecule has 2 fully saturated rings. The summed E-state index contributed by atoms with van der Waals surface area (Å²) >= 11 is 0. The van der Waals surface area contributed by atoms with Crippen LogP contribution < -0.4 is 0 Å². The van der Waals surface area contributed by atoms with Crippen molar-refractivity contribution in [3.05, 3.63) is 30.1 Å². The van der Waals surface area contributed by atoms with Gasteiger partial charge >= 0.3 is 0 Å². The summed E-state index contributed by atoms with van der Waals surface area (Å²) in [4.78, 5) is 0.213. The van der Waals surface area contributed by atoms with Crippen LogP contribution in [0.3, 0.4) is 0 Å². The molecule has 0 N–H and O–H groups in total. The zero-order valence-electron chi connectivity index (χ0n) is 11.5. The Bertz CT molecular complexity index is 568. The average Bonchev–Trinajstić information content (AvgIpc) is 2.47. The molecule has 1 heterocycles. The summed E-state index contributed by atoms with van der Waals surface area (Å²) in [6.45, 7) is 0.598. The van der Waals surface area contributed by atoms with Gasteiger partial charge in [0.2, 0.25) is 10.0 Å². The van der Waals surface area contributed by atoms with Gasteiger partial charge in [0.1, 0.15) is 5.82 Å². The van der Waals surface area contributed by atoms with Crippen LogP contribution in [0, 0.1) is 11.7 Å². The fourth-order valence-electron chi connectivity index (χ4n) is 3.62. The Balaban J connectivity index is 1.91. The van der Waals surface area contributed by atoms with E-state index in [1.54, 1.807) is 4.31 Å². The third-order valence-corrected chi connectivity index (χ3v) is 6.55. The number of hydrogen-bond donors (Lipinski definition) is 0. The first kappa shape index (κ1) is 14.0. The lowest BCUT2D eigenvalue weighted by atomic mass is 9.79. The molecule has 5 heteroatoms. The highest BCUT2D eigenvalue weighted by Crippen LogP contribution is 2.37. The van der Waals surface area contributed by atoms with E-state index in [2.05, 4.69) is 0 Å². The number of sulfonamides is 1. The maximum atomic E-state index is 13.0. The van der Waals surface area contributed by atoms with Gasteiger partial charge in [0.05, 0.1) is 4.90 Å². The molecule has 1 aliphatic carbocycles. The largest absolute Gasteiger partial charge is 0.243 e. The second kappa shape index (κ2) is 5.45. The minimum absolute atomic E-state index is 0.146. The van der Waals surface area contributed by atoms with Crippen molar-refractivity contribution >= 4 is 10.0 Å². The fraction of sp³-hybridized carbons (Fsp3) is 0.600. The van der Waals surface area contributed by atoms with Gasteiger partial charge in [-0.25, -0.2) is 12.8 Å². The predicted octanol–water partition coefficient (Wildman–Crippen LogP) is 3.17. The van der Waals surface area contributed by atoms with Crippen LogP contribution >= 0.6 is 0 Å². The Morgan fingerprint density at radius 2 is 1.65 bits per heavy atom. The van der Waals surface area contributed by atoms with Crippen molar-refractivity contribution in [1.29, 1.82) is 0 Å². The van der Waals surface area contributed by atoms with Crippen molar-refractivity contribution in [3.63, 3.8) is 0 Å². The molecule has 1 aliphatic heterocycles. The van der Waals surface area contributed by atoms with Crippen LogP contribution in [0.2, 0.25) is 0 Å². The van der Waals surface area contributed by atoms with E-state index in [0.29, 0.717) is 12.5 Å². The number of fused-ring (bicyclic) bond motifs is 1. The van der Waals surface area contributed by atoms with Gasteiger partial charge in [-0.3, -0.25) is 0 Å². The molecule has 0 spiro atoms. The van der Waals surface area contributed by atoms with E-state index in [0.717, 1.165) is 32.1 Å². The highest BCUT2D eigenvalue weighted by Gasteiger charge is 2.39. The minimum Gasteiger partial charge on any atom is -0.207 e. The third kappa shape index (κ3) is 2.49. The van der Waals surface area contributed by atoms with Gasteiger partial charge in [-0.15, -0.1) is 0 Å². The van der Waals surface area contributed by atoms with E-state index in [1.807, 2.05) is 0 Å². The molecule has 3 rings (SSSR count). The maximum absolute atomic E-state index is 13.0. The summed E-state index contributed by atoms with van der Waals surface area (Å²) in [6.07, 6.45) is 6.50. The molecule has 20 heavy (non-hydrogen) atoms. The van der Waals surface area contributed by atoms with Crippen molar-refractivity contribution in [2.75, 3.05) is 6.54 Å². The molecule has 110 valence electrons. The number of piperidine rings is 1. The summed E-state index contributed by atoms with van der Waals surface area (Å²) in [6, 6.07) is 5.33. The summed E-state index contributed by atoms with van der Waals surface area (Å²) in [5.74, 6) is 0.103. The van der Waals surface area contributed by atoms with Crippen LogP contribution in [0.15, 0.2) is 29.2 Å². The lowest BCUT2D eigenvalue weighted by Crippen LogP contribution is -2.49. The first-order chi connectivity index (χ1) is 9.59. The third-order valence-electron chi connectivity index (χ3n) is 4.61. The van der Waals surface area contributed by atoms with E-state index >= 15 is 0 Å². The van der Waals surface area contributed by atoms with E-state index < -0.39 is 15.8 Å². The van der Waals surface area contributed by atoms with Crippen LogP contribution in [-0.2, 0) is 10.0 Å². The molecule has 1 aromatic rings. The highest BCUT2D eigenvalue weighted by atomic mass is 32.2. The molecule has 1 saturated carbocycles. The first-order valence-corrected chi connectivity index (χ1v) is 8.80. The van der Waals surface area contributed by atoms with Gasteiger partial charge in [-0.2, -0.15) is 4.31 Å². The minimum atomic E-state index is -3.48. The zero-order chi connectivity index (χ0) is 14.2. The van der Waals surface area contributed by atoms with Crippen LogP contribution in [-0.4, -0.2) is 25.3 Å². The molecule has 3 nitrogen and oxygen atoms in total. The van der Waals surface area contributed by atoms with Gasteiger partial charge in [0.25, 0.3) is 0 Å². The zero-order valence-corrected chi connectivity index (χ0v) is 12.3. The van der Waals surface area contributed by atoms with Crippen molar-refractivity contribution in [2.45, 2.75) is 49.5 Å². The summed E-state index contributed by atoms with van der Waals surface area (Å²) in [5.41, 5.74) is 0. The highest BCUT2D eigenvalue weighted by molar-refractivity contribution is 7.89. The first-order valence-electron chi connectivity index (χ1n) is 7.36. The Morgan fingerprint density at radius 3 is 2.40 bits per heavy atom. The van der Waals surface area contributed by atoms with Gasteiger partial charge < -0.3 is 0 Å². The Morgan fingerprint density at radius 1 is 1.00 bits per heavy atom. The van der Waals surface area contributed by atoms with Gasteiger partial charge in [-0.1, -0.05) is 12.8 Å². The molecule has 0 amide bonds. The van der Waals surface area contributed by atoms with Crippen LogP contribution in [0.25, 0.3) is 0 Å². The van der Waals surface area contributed by atoms with Crippen molar-refractivity contribution in [3.8, 4) is 0 Å². The number of benzene rings is 1. The van der Waals surface area contributed by atoms with E-state index in [-0.39, 0.29) is 10.9 Å². The molecular formula is C15H20FNO2S. The molecule has 0 radical (unpaired) electrons. The molecule has 0 aromatic heterocycles. The second-order valence-electron chi connectivity index (χ2n) is 5.82. The van der Waals surface area contributed by atoms with E-state index in [4.69, 9.17) is 0 Å². The monoisotopic (exact) mass is 297 g/mol. The second-order valence-corrected chi connectivity index (χ2v) is 7.71. The normalized spacial score (nSPS) is 28.1. The predicted molar refractivity (Wildman–Crippen MR) is 75.3 cm³/mol. The Hall–Kier alpha value is -0.940. The average molecular weight is 297 g/mol. The molecule has 1 saturated heterocycles. The van der Waals surface area contributed by atoms with Crippen LogP contribution in [0.1, 0.15) is 38.5 Å². The Labute approximate surface area is 119 Å². The van der Waals surface area contributed by atoms with Gasteiger partial charge in [0, 0.05) is 12.6 Å². The fourth-order valence-corrected chi connectivity index (χ4v) is 5.37. The molecule has 0 unspecified atom stereocenters. The van der Waals surface area contributed by atoms with Gasteiger partial charge in [-0.05, 0) is 55.9 Å². The van der Waals surface area contributed by atoms with Crippen LogP contribution in [0.4, 0.5) is 4.39 Å². The summed E-state index contributed by atoms with van der Waals surface area (Å²) < 4.78 is 40.2. The van der Waals surface area contributed by atoms with E-state index in [1.165, 1.54) is 30.7 Å². The number of hydrogen-bond acceptors (Lipinski definition) is 2. The maximum Gasteiger partial charge on any atom is 0.243 e. The van der Waals surface area contributed by atoms with Gasteiger partial charge in [0.15, 0.2) is 0 Å². The molecule has 1 aromatic carbocycles. The topological polar surface area (TPSA) is 37.4 Å². The number of nitrogens with zero attached hydrogens (tertiary/aromatic N) is 1. The van der Waals surface area contributed by atoms with Crippen LogP contribution in [0.5, 0.6) is 0 Å². The Kier molecular flexibility index (Phi) is 3.82. The summed E-state index contributed by atoms with van der Waals surface area (Å²) in [5, 5.41) is 0. The lowest BCUT2D eigenvalue weighted by Gasteiger charge is -2.43. The quantitative estimate of drug-likeness (QED) is 0.841. The molecule has 2 atom stereocenters. The SMILES string of the molecule is O=S(=O)(c1ccc(F)cc1)N1CCC[C@@H]2CCCC[C@@H]21. The number of rotatable bonds is 2. The molecular weight excluding hydrogens is 277 g/mol. The van der Waals surface area contributed by atoms with Crippen molar-refractivity contribution in [2.24, 2.45) is 5.92 Å².